The molecule has 0 bridgehead atoms. The van der Waals surface area contributed by atoms with E-state index in [2.05, 4.69) is 63.8 Å². The van der Waals surface area contributed by atoms with E-state index in [1.54, 1.807) is 42.3 Å². The van der Waals surface area contributed by atoms with Crippen LogP contribution in [0, 0.1) is 11.3 Å². The number of aliphatic hydroxyl groups excluding tert-OH is 1. The Morgan fingerprint density at radius 3 is 2.62 bits per heavy atom. The number of carbonyl (C=O) groups is 1. The fourth-order valence-electron chi connectivity index (χ4n) is 4.61. The Morgan fingerprint density at radius 2 is 2.00 bits per heavy atom. The Hall–Kier alpha value is -3.08. The quantitative estimate of drug-likeness (QED) is 0.225. The summed E-state index contributed by atoms with van der Waals surface area (Å²) in [5.41, 5.74) is 1.30. The Morgan fingerprint density at radius 1 is 1.29 bits per heavy atom. The van der Waals surface area contributed by atoms with Gasteiger partial charge in [0, 0.05) is 33.2 Å². The van der Waals surface area contributed by atoms with Gasteiger partial charge in [-0.3, -0.25) is 9.36 Å². The number of aliphatic hydroxyl groups is 1. The Balaban J connectivity index is 0.00000169. The molecule has 1 unspecified atom stereocenters. The van der Waals surface area contributed by atoms with Crippen LogP contribution in [-0.4, -0.2) is 87.9 Å². The molecule has 1 aliphatic heterocycles. The van der Waals surface area contributed by atoms with E-state index in [0.29, 0.717) is 16.7 Å². The van der Waals surface area contributed by atoms with Gasteiger partial charge in [-0.1, -0.05) is 18.2 Å². The first kappa shape index (κ1) is 30.4. The number of methoxy groups -OCH3 is 1. The molecule has 42 heavy (non-hydrogen) atoms. The molecule has 14 heteroatoms. The number of rotatable bonds is 12. The summed E-state index contributed by atoms with van der Waals surface area (Å²) >= 11 is 0. The summed E-state index contributed by atoms with van der Waals surface area (Å²) in [6.45, 7) is 8.37. The zero-order valence-corrected chi connectivity index (χ0v) is 25.6. The lowest BCUT2D eigenvalue weighted by molar-refractivity contribution is -0.0466. The van der Waals surface area contributed by atoms with E-state index >= 15 is 0 Å². The maximum absolute atomic E-state index is 12.8. The molecule has 228 valence electrons. The van der Waals surface area contributed by atoms with Crippen molar-refractivity contribution in [2.24, 2.45) is 0 Å². The molecule has 1 aliphatic rings. The number of benzene rings is 1. The van der Waals surface area contributed by atoms with Crippen LogP contribution >= 0.6 is 8.53 Å². The number of nitriles is 1. The average molecular weight is 605 g/mol. The molecule has 4 rings (SSSR count). The second-order valence-corrected chi connectivity index (χ2v) is 11.2. The van der Waals surface area contributed by atoms with Gasteiger partial charge in [0.2, 0.25) is 1.43 Å². The van der Waals surface area contributed by atoms with Crippen LogP contribution in [0.3, 0.4) is 0 Å². The summed E-state index contributed by atoms with van der Waals surface area (Å²) in [7, 11) is 1.25. The molecule has 13 nitrogen and oxygen atoms in total. The van der Waals surface area contributed by atoms with Crippen LogP contribution in [0.2, 0.25) is 0 Å². The third-order valence-corrected chi connectivity index (χ3v) is 8.46. The fourth-order valence-corrected chi connectivity index (χ4v) is 6.38. The van der Waals surface area contributed by atoms with E-state index in [9.17, 15) is 4.79 Å². The van der Waals surface area contributed by atoms with Gasteiger partial charge in [0.05, 0.1) is 31.5 Å². The predicted octanol–water partition coefficient (Wildman–Crippen LogP) is 4.28. The highest BCUT2D eigenvalue weighted by atomic mass is 31.2. The first-order chi connectivity index (χ1) is 21.2. The number of hydrogen-bond acceptors (Lipinski definition) is 11. The number of nitrogens with one attached hydrogen (secondary N) is 1. The molecule has 2 aromatic heterocycles. The molecule has 0 aliphatic carbocycles. The van der Waals surface area contributed by atoms with Crippen LogP contribution in [0.4, 0.5) is 5.82 Å². The monoisotopic (exact) mass is 604 g/mol. The van der Waals surface area contributed by atoms with Crippen LogP contribution in [0.15, 0.2) is 43.0 Å². The second kappa shape index (κ2) is 16.0. The SMILES string of the molecule is [2H]C[C@H]1O[C@@H](n2cnc3c(NC(=O)c4ccccc4)ncnc32)[C@H](OC)[C@@H]1OP(OCCC#N)N(C(C)C)C(C)C.[3H]OC. The number of amides is 1. The maximum atomic E-state index is 12.8. The van der Waals surface area contributed by atoms with E-state index in [1.807, 2.05) is 6.07 Å². The van der Waals surface area contributed by atoms with Gasteiger partial charge in [-0.25, -0.2) is 19.6 Å². The zero-order valence-electron chi connectivity index (χ0n) is 26.7. The number of hydrogen-bond donors (Lipinski definition) is 2. The molecular formula is C28H40N7O6P. The molecule has 0 spiro atoms. The molecule has 1 amide bonds. The van der Waals surface area contributed by atoms with E-state index in [-0.39, 0.29) is 43.7 Å². The maximum Gasteiger partial charge on any atom is 0.259 e. The number of carbonyl (C=O) groups excluding carboxylic acids is 1. The minimum atomic E-state index is -1.60. The molecule has 1 aromatic carbocycles. The summed E-state index contributed by atoms with van der Waals surface area (Å²) < 4.78 is 42.6. The first-order valence-electron chi connectivity index (χ1n) is 14.6. The van der Waals surface area contributed by atoms with Crippen molar-refractivity contribution in [3.8, 4) is 6.07 Å². The Labute approximate surface area is 250 Å². The van der Waals surface area contributed by atoms with Crippen molar-refractivity contribution in [2.45, 2.75) is 77.6 Å². The summed E-state index contributed by atoms with van der Waals surface area (Å²) in [6, 6.07) is 11.1. The topological polar surface area (TPSA) is 157 Å². The van der Waals surface area contributed by atoms with Crippen LogP contribution in [-0.2, 0) is 18.5 Å². The molecule has 3 aromatic rings. The number of ether oxygens (including phenoxy) is 2. The van der Waals surface area contributed by atoms with E-state index in [4.69, 9.17) is 26.6 Å². The highest BCUT2D eigenvalue weighted by molar-refractivity contribution is 7.44. The summed E-state index contributed by atoms with van der Waals surface area (Å²) in [5, 5.41) is 15.4. The lowest BCUT2D eigenvalue weighted by atomic mass is 10.1. The number of aromatic nitrogens is 4. The largest absolute Gasteiger partial charge is 0.400 e. The second-order valence-electron chi connectivity index (χ2n) is 9.75. The molecule has 0 radical (unpaired) electrons. The van der Waals surface area contributed by atoms with Crippen molar-refractivity contribution in [3.05, 3.63) is 48.5 Å². The van der Waals surface area contributed by atoms with E-state index in [1.165, 1.54) is 13.4 Å². The van der Waals surface area contributed by atoms with Gasteiger partial charge in [-0.05, 0) is 46.7 Å². The average Bonchev–Trinajstić information content (AvgIpc) is 3.59. The van der Waals surface area contributed by atoms with Gasteiger partial charge < -0.3 is 28.9 Å². The van der Waals surface area contributed by atoms with Gasteiger partial charge >= 0.3 is 0 Å². The van der Waals surface area contributed by atoms with Crippen molar-refractivity contribution in [1.29, 1.82) is 6.69 Å². The Bertz CT molecular complexity index is 1360. The van der Waals surface area contributed by atoms with Crippen molar-refractivity contribution in [2.75, 3.05) is 26.1 Å². The number of imidazole rings is 1. The van der Waals surface area contributed by atoms with Crippen molar-refractivity contribution >= 4 is 31.4 Å². The van der Waals surface area contributed by atoms with Crippen LogP contribution in [0.5, 0.6) is 0 Å². The molecule has 1 saturated heterocycles. The van der Waals surface area contributed by atoms with Crippen molar-refractivity contribution < 1.29 is 29.8 Å². The lowest BCUT2D eigenvalue weighted by Crippen LogP contribution is -2.39. The van der Waals surface area contributed by atoms with Crippen molar-refractivity contribution in [3.63, 3.8) is 0 Å². The van der Waals surface area contributed by atoms with Gasteiger partial charge in [0.25, 0.3) is 14.4 Å². The minimum absolute atomic E-state index is 0.0776. The first-order valence-corrected chi connectivity index (χ1v) is 14.6. The minimum Gasteiger partial charge on any atom is -0.400 e. The molecule has 2 N–H and O–H groups in total. The number of anilines is 1. The summed E-state index contributed by atoms with van der Waals surface area (Å²) in [4.78, 5) is 25.9. The third-order valence-electron chi connectivity index (χ3n) is 6.33. The number of fused-ring (bicyclic) bond motifs is 1. The van der Waals surface area contributed by atoms with Gasteiger partial charge in [-0.15, -0.1) is 0 Å². The van der Waals surface area contributed by atoms with Crippen LogP contribution < -0.4 is 5.32 Å². The number of nitrogens with zero attached hydrogens (tertiary/aromatic N) is 6. The lowest BCUT2D eigenvalue weighted by Gasteiger charge is -2.37. The normalized spacial score (nSPS) is 21.5. The van der Waals surface area contributed by atoms with E-state index in [0.717, 1.165) is 0 Å². The molecule has 0 saturated carbocycles. The standard InChI is InChI=1S/C27H36N7O5P.CH4O/c1-17(2)34(18(3)4)40(37-14-10-13-28)39-22-19(5)38-27(23(22)36-6)33-16-31-21-24(29-15-30-25(21)33)32-26(35)20-11-8-7-9-12-20;1-2/h7-9,11-12,15-19,22-23,27H,10,14H2,1-6H3,(H,29,30,32,35);2H,1H3/t19-,22-,23-,27-,40?;/m1./s1/i5D;2T. The summed E-state index contributed by atoms with van der Waals surface area (Å²) in [6.07, 6.45) is 0.498. The van der Waals surface area contributed by atoms with Gasteiger partial charge in [0.1, 0.15) is 18.5 Å². The fraction of sp³-hybridized carbons (Fsp3) is 0.536. The van der Waals surface area contributed by atoms with Crippen LogP contribution in [0.1, 0.15) is 59.0 Å². The molecular weight excluding hydrogens is 561 g/mol. The molecule has 1 fully saturated rings. The van der Waals surface area contributed by atoms with Crippen LogP contribution in [0.25, 0.3) is 11.2 Å². The van der Waals surface area contributed by atoms with E-state index < -0.39 is 33.1 Å². The zero-order chi connectivity index (χ0) is 32.2. The van der Waals surface area contributed by atoms with Crippen molar-refractivity contribution in [1.82, 2.24) is 24.2 Å². The third kappa shape index (κ3) is 7.65. The molecule has 5 atom stereocenters. The molecule has 3 heterocycles. The predicted molar refractivity (Wildman–Crippen MR) is 158 cm³/mol. The smallest absolute Gasteiger partial charge is 0.259 e. The van der Waals surface area contributed by atoms with Gasteiger partial charge in [-0.2, -0.15) is 5.26 Å². The Kier molecular flexibility index (Phi) is 11.5. The summed E-state index contributed by atoms with van der Waals surface area (Å²) in [5.74, 6) is -0.0577. The van der Waals surface area contributed by atoms with Gasteiger partial charge in [0.15, 0.2) is 23.2 Å². The highest BCUT2D eigenvalue weighted by Crippen LogP contribution is 2.50. The highest BCUT2D eigenvalue weighted by Gasteiger charge is 2.48.